The molecule has 33 heavy (non-hydrogen) atoms. The Morgan fingerprint density at radius 2 is 1.76 bits per heavy atom. The number of methoxy groups -OCH3 is 1. The van der Waals surface area contributed by atoms with E-state index in [9.17, 15) is 19.2 Å². The van der Waals surface area contributed by atoms with Gasteiger partial charge in [0.1, 0.15) is 11.4 Å². The number of anilines is 1. The lowest BCUT2D eigenvalue weighted by atomic mass is 9.96. The first-order valence-corrected chi connectivity index (χ1v) is 10.2. The van der Waals surface area contributed by atoms with E-state index >= 15 is 0 Å². The Hall–Kier alpha value is -4.20. The zero-order valence-corrected chi connectivity index (χ0v) is 18.8. The van der Waals surface area contributed by atoms with Crippen molar-refractivity contribution in [2.75, 3.05) is 12.0 Å². The van der Waals surface area contributed by atoms with Crippen molar-refractivity contribution in [3.63, 3.8) is 0 Å². The van der Waals surface area contributed by atoms with Gasteiger partial charge < -0.3 is 15.0 Å². The standard InChI is InChI=1S/C25H25N3O5/c1-15(2)28(14-29)19-11-9-18(10-12-19)20-7-6-8-21-22(20)13-27(24(21)31)17(4)23(30)26-16(3)25(32)33-5/h6-12,14-15H,3-4,13H2,1-2,5H3,(H,26,30). The van der Waals surface area contributed by atoms with Crippen molar-refractivity contribution >= 4 is 29.9 Å². The van der Waals surface area contributed by atoms with Gasteiger partial charge in [0.25, 0.3) is 11.8 Å². The number of carbonyl (C=O) groups excluding carboxylic acids is 4. The second-order valence-electron chi connectivity index (χ2n) is 7.75. The minimum atomic E-state index is -0.788. The summed E-state index contributed by atoms with van der Waals surface area (Å²) in [6.45, 7) is 11.2. The Balaban J connectivity index is 1.85. The van der Waals surface area contributed by atoms with E-state index in [1.54, 1.807) is 17.0 Å². The maximum atomic E-state index is 13.0. The van der Waals surface area contributed by atoms with Crippen LogP contribution in [0.4, 0.5) is 5.69 Å². The van der Waals surface area contributed by atoms with Crippen LogP contribution in [0.25, 0.3) is 11.1 Å². The van der Waals surface area contributed by atoms with Crippen molar-refractivity contribution in [2.45, 2.75) is 26.4 Å². The number of ether oxygens (including phenoxy) is 1. The van der Waals surface area contributed by atoms with Crippen molar-refractivity contribution < 1.29 is 23.9 Å². The molecule has 0 bridgehead atoms. The van der Waals surface area contributed by atoms with E-state index in [4.69, 9.17) is 0 Å². The van der Waals surface area contributed by atoms with Gasteiger partial charge in [-0.25, -0.2) is 4.79 Å². The van der Waals surface area contributed by atoms with Crippen LogP contribution in [0.15, 0.2) is 67.0 Å². The highest BCUT2D eigenvalue weighted by atomic mass is 16.5. The van der Waals surface area contributed by atoms with Crippen LogP contribution in [0.1, 0.15) is 29.8 Å². The van der Waals surface area contributed by atoms with Crippen LogP contribution in [-0.2, 0) is 25.7 Å². The number of esters is 1. The van der Waals surface area contributed by atoms with Crippen molar-refractivity contribution in [2.24, 2.45) is 0 Å². The van der Waals surface area contributed by atoms with Crippen LogP contribution in [0.5, 0.6) is 0 Å². The predicted octanol–water partition coefficient (Wildman–Crippen LogP) is 3.00. The summed E-state index contributed by atoms with van der Waals surface area (Å²) < 4.78 is 4.51. The Bertz CT molecular complexity index is 1150. The van der Waals surface area contributed by atoms with Gasteiger partial charge in [0, 0.05) is 17.3 Å². The highest BCUT2D eigenvalue weighted by molar-refractivity contribution is 6.07. The smallest absolute Gasteiger partial charge is 0.353 e. The third-order valence-corrected chi connectivity index (χ3v) is 5.40. The Labute approximate surface area is 192 Å². The van der Waals surface area contributed by atoms with Gasteiger partial charge >= 0.3 is 5.97 Å². The second kappa shape index (κ2) is 9.52. The number of amides is 3. The van der Waals surface area contributed by atoms with Crippen molar-refractivity contribution in [3.05, 3.63) is 78.1 Å². The molecule has 2 aromatic rings. The maximum absolute atomic E-state index is 13.0. The van der Waals surface area contributed by atoms with Gasteiger partial charge in [-0.1, -0.05) is 37.4 Å². The van der Waals surface area contributed by atoms with Crippen molar-refractivity contribution in [1.82, 2.24) is 10.2 Å². The summed E-state index contributed by atoms with van der Waals surface area (Å²) in [5.41, 5.74) is 3.34. The number of fused-ring (bicyclic) bond motifs is 1. The van der Waals surface area contributed by atoms with E-state index < -0.39 is 11.9 Å². The van der Waals surface area contributed by atoms with E-state index in [0.717, 1.165) is 28.8 Å². The van der Waals surface area contributed by atoms with E-state index in [2.05, 4.69) is 23.2 Å². The maximum Gasteiger partial charge on any atom is 0.353 e. The first-order valence-electron chi connectivity index (χ1n) is 10.2. The van der Waals surface area contributed by atoms with Crippen molar-refractivity contribution in [1.29, 1.82) is 0 Å². The predicted molar refractivity (Wildman–Crippen MR) is 124 cm³/mol. The zero-order valence-electron chi connectivity index (χ0n) is 18.8. The minimum Gasteiger partial charge on any atom is -0.464 e. The molecule has 0 atom stereocenters. The van der Waals surface area contributed by atoms with Gasteiger partial charge in [-0.15, -0.1) is 0 Å². The lowest BCUT2D eigenvalue weighted by Gasteiger charge is -2.22. The first-order chi connectivity index (χ1) is 15.7. The van der Waals surface area contributed by atoms with E-state index in [1.165, 1.54) is 12.0 Å². The molecule has 0 aliphatic carbocycles. The summed E-state index contributed by atoms with van der Waals surface area (Å²) in [5, 5.41) is 2.30. The average molecular weight is 447 g/mol. The summed E-state index contributed by atoms with van der Waals surface area (Å²) in [6, 6.07) is 12.9. The summed E-state index contributed by atoms with van der Waals surface area (Å²) in [5.74, 6) is -1.87. The highest BCUT2D eigenvalue weighted by Crippen LogP contribution is 2.35. The Morgan fingerprint density at radius 1 is 1.12 bits per heavy atom. The SMILES string of the molecule is C=C(NC(=O)C(=C)N1Cc2c(cccc2-c2ccc(N(C=O)C(C)C)cc2)C1=O)C(=O)OC. The number of nitrogens with one attached hydrogen (secondary N) is 1. The lowest BCUT2D eigenvalue weighted by Crippen LogP contribution is -2.36. The molecule has 0 spiro atoms. The molecule has 170 valence electrons. The molecule has 1 aliphatic rings. The number of rotatable bonds is 8. The molecule has 0 aromatic heterocycles. The van der Waals surface area contributed by atoms with E-state index in [-0.39, 0.29) is 29.9 Å². The largest absolute Gasteiger partial charge is 0.464 e. The molecule has 8 nitrogen and oxygen atoms in total. The quantitative estimate of drug-likeness (QED) is 0.381. The second-order valence-corrected chi connectivity index (χ2v) is 7.75. The monoisotopic (exact) mass is 447 g/mol. The fraction of sp³-hybridized carbons (Fsp3) is 0.200. The molecule has 3 amide bonds. The van der Waals surface area contributed by atoms with Crippen LogP contribution in [0.2, 0.25) is 0 Å². The van der Waals surface area contributed by atoms with Gasteiger partial charge in [0.15, 0.2) is 0 Å². The summed E-state index contributed by atoms with van der Waals surface area (Å²) >= 11 is 0. The summed E-state index contributed by atoms with van der Waals surface area (Å²) in [4.78, 5) is 51.2. The Kier molecular flexibility index (Phi) is 6.77. The molecule has 1 N–H and O–H groups in total. The van der Waals surface area contributed by atoms with Crippen LogP contribution in [0.3, 0.4) is 0 Å². The molecule has 0 saturated heterocycles. The molecule has 0 fully saturated rings. The van der Waals surface area contributed by atoms with Gasteiger partial charge in [0.2, 0.25) is 6.41 Å². The average Bonchev–Trinajstić information content (AvgIpc) is 3.15. The number of carbonyl (C=O) groups is 4. The first kappa shape index (κ1) is 23.5. The van der Waals surface area contributed by atoms with Crippen LogP contribution >= 0.6 is 0 Å². The third-order valence-electron chi connectivity index (χ3n) is 5.40. The lowest BCUT2D eigenvalue weighted by molar-refractivity contribution is -0.137. The minimum absolute atomic E-state index is 0.0212. The fourth-order valence-electron chi connectivity index (χ4n) is 3.62. The van der Waals surface area contributed by atoms with Crippen LogP contribution < -0.4 is 10.2 Å². The topological polar surface area (TPSA) is 96.0 Å². The normalized spacial score (nSPS) is 12.2. The Morgan fingerprint density at radius 3 is 2.33 bits per heavy atom. The molecule has 0 radical (unpaired) electrons. The number of nitrogens with zero attached hydrogens (tertiary/aromatic N) is 2. The fourth-order valence-corrected chi connectivity index (χ4v) is 3.62. The highest BCUT2D eigenvalue weighted by Gasteiger charge is 2.33. The number of hydrogen-bond donors (Lipinski definition) is 1. The summed E-state index contributed by atoms with van der Waals surface area (Å²) in [7, 11) is 1.17. The summed E-state index contributed by atoms with van der Waals surface area (Å²) in [6.07, 6.45) is 0.794. The molecule has 2 aromatic carbocycles. The van der Waals surface area contributed by atoms with Gasteiger partial charge in [-0.2, -0.15) is 0 Å². The van der Waals surface area contributed by atoms with Gasteiger partial charge in [-0.05, 0) is 48.7 Å². The van der Waals surface area contributed by atoms with E-state index in [0.29, 0.717) is 5.56 Å². The van der Waals surface area contributed by atoms with Crippen LogP contribution in [0, 0.1) is 0 Å². The third kappa shape index (κ3) is 4.55. The molecule has 8 heteroatoms. The van der Waals surface area contributed by atoms with Crippen molar-refractivity contribution in [3.8, 4) is 11.1 Å². The number of benzene rings is 2. The molecule has 0 saturated carbocycles. The zero-order chi connectivity index (χ0) is 24.3. The van der Waals surface area contributed by atoms with Gasteiger partial charge in [0.05, 0.1) is 13.7 Å². The van der Waals surface area contributed by atoms with E-state index in [1.807, 2.05) is 44.2 Å². The number of hydrogen-bond acceptors (Lipinski definition) is 5. The molecule has 1 heterocycles. The molecular formula is C25H25N3O5. The van der Waals surface area contributed by atoms with Crippen LogP contribution in [-0.4, -0.2) is 42.2 Å². The molecular weight excluding hydrogens is 422 g/mol. The molecule has 1 aliphatic heterocycles. The van der Waals surface area contributed by atoms with Gasteiger partial charge in [-0.3, -0.25) is 19.3 Å². The molecule has 3 rings (SSSR count). The molecule has 0 unspecified atom stereocenters.